The molecule has 1 amide bonds. The van der Waals surface area contributed by atoms with Gasteiger partial charge < -0.3 is 15.4 Å². The molecule has 0 aliphatic carbocycles. The highest BCUT2D eigenvalue weighted by Crippen LogP contribution is 2.25. The Labute approximate surface area is 150 Å². The Kier molecular flexibility index (Phi) is 5.05. The molecule has 3 rings (SSSR count). The summed E-state index contributed by atoms with van der Waals surface area (Å²) in [6, 6.07) is 16.2. The first kappa shape index (κ1) is 16.9. The minimum absolute atomic E-state index is 0.281. The van der Waals surface area contributed by atoms with Crippen molar-refractivity contribution in [3.63, 3.8) is 0 Å². The number of nitrogens with one attached hydrogen (secondary N) is 2. The molecule has 0 bridgehead atoms. The van der Waals surface area contributed by atoms with Gasteiger partial charge >= 0.3 is 0 Å². The first-order valence-corrected chi connectivity index (χ1v) is 7.74. The molecule has 1 heterocycles. The second-order valence-corrected chi connectivity index (χ2v) is 5.23. The number of benzene rings is 2. The largest absolute Gasteiger partial charge is 0.495 e. The lowest BCUT2D eigenvalue weighted by Gasteiger charge is -2.10. The van der Waals surface area contributed by atoms with Crippen molar-refractivity contribution < 1.29 is 9.53 Å². The van der Waals surface area contributed by atoms with Gasteiger partial charge in [0.05, 0.1) is 29.6 Å². The van der Waals surface area contributed by atoms with Crippen LogP contribution in [-0.4, -0.2) is 23.0 Å². The van der Waals surface area contributed by atoms with Gasteiger partial charge in [-0.2, -0.15) is 5.26 Å². The van der Waals surface area contributed by atoms with E-state index in [0.29, 0.717) is 22.9 Å². The number of carbonyl (C=O) groups excluding carboxylic acids is 1. The maximum absolute atomic E-state index is 12.3. The van der Waals surface area contributed by atoms with Crippen molar-refractivity contribution in [3.05, 3.63) is 72.1 Å². The maximum Gasteiger partial charge on any atom is 0.258 e. The number of hydrogen-bond acceptors (Lipinski definition) is 6. The van der Waals surface area contributed by atoms with Gasteiger partial charge in [0.25, 0.3) is 5.91 Å². The second-order valence-electron chi connectivity index (χ2n) is 5.23. The molecule has 0 spiro atoms. The van der Waals surface area contributed by atoms with Crippen LogP contribution in [0.2, 0.25) is 0 Å². The average Bonchev–Trinajstić information content (AvgIpc) is 2.69. The van der Waals surface area contributed by atoms with Crippen molar-refractivity contribution in [2.45, 2.75) is 0 Å². The first-order valence-electron chi connectivity index (χ1n) is 7.74. The number of aromatic nitrogens is 2. The molecule has 0 radical (unpaired) electrons. The summed E-state index contributed by atoms with van der Waals surface area (Å²) in [4.78, 5) is 20.6. The zero-order chi connectivity index (χ0) is 18.4. The zero-order valence-electron chi connectivity index (χ0n) is 13.9. The van der Waals surface area contributed by atoms with Gasteiger partial charge in [-0.15, -0.1) is 0 Å². The van der Waals surface area contributed by atoms with Crippen LogP contribution < -0.4 is 15.4 Å². The summed E-state index contributed by atoms with van der Waals surface area (Å²) in [6.45, 7) is 0. The number of carbonyl (C=O) groups is 1. The number of nitriles is 1. The average molecular weight is 345 g/mol. The van der Waals surface area contributed by atoms with Gasteiger partial charge in [-0.1, -0.05) is 24.3 Å². The van der Waals surface area contributed by atoms with Crippen LogP contribution in [-0.2, 0) is 0 Å². The summed E-state index contributed by atoms with van der Waals surface area (Å²) in [7, 11) is 1.58. The second kappa shape index (κ2) is 7.77. The summed E-state index contributed by atoms with van der Waals surface area (Å²) < 4.78 is 5.26. The predicted octanol–water partition coefficient (Wildman–Crippen LogP) is 3.35. The molecule has 0 unspecified atom stereocenters. The van der Waals surface area contributed by atoms with Crippen molar-refractivity contribution in [2.75, 3.05) is 17.7 Å². The third kappa shape index (κ3) is 3.76. The van der Waals surface area contributed by atoms with Gasteiger partial charge in [-0.25, -0.2) is 9.97 Å². The van der Waals surface area contributed by atoms with E-state index in [1.807, 2.05) is 30.3 Å². The number of para-hydroxylation sites is 3. The molecule has 3 aromatic rings. The van der Waals surface area contributed by atoms with Crippen molar-refractivity contribution in [1.82, 2.24) is 9.97 Å². The Bertz CT molecular complexity index is 964. The van der Waals surface area contributed by atoms with Crippen molar-refractivity contribution in [2.24, 2.45) is 0 Å². The third-order valence-corrected chi connectivity index (χ3v) is 3.56. The van der Waals surface area contributed by atoms with Gasteiger partial charge in [0.15, 0.2) is 0 Å². The highest BCUT2D eigenvalue weighted by atomic mass is 16.5. The smallest absolute Gasteiger partial charge is 0.258 e. The number of anilines is 3. The quantitative estimate of drug-likeness (QED) is 0.735. The normalized spacial score (nSPS) is 9.85. The molecule has 0 saturated heterocycles. The zero-order valence-corrected chi connectivity index (χ0v) is 13.9. The van der Waals surface area contributed by atoms with Crippen LogP contribution in [0.3, 0.4) is 0 Å². The van der Waals surface area contributed by atoms with E-state index in [4.69, 9.17) is 10.00 Å². The topological polar surface area (TPSA) is 99.9 Å². The summed E-state index contributed by atoms with van der Waals surface area (Å²) in [5.74, 6) is 0.603. The SMILES string of the molecule is COc1ccccc1Nc1ncc(C(=O)Nc2ccccc2C#N)cn1. The molecule has 7 heteroatoms. The summed E-state index contributed by atoms with van der Waals surface area (Å²) in [5.41, 5.74) is 1.82. The first-order chi connectivity index (χ1) is 12.7. The lowest BCUT2D eigenvalue weighted by molar-refractivity contribution is 0.102. The van der Waals surface area contributed by atoms with Crippen LogP contribution in [0.4, 0.5) is 17.3 Å². The molecule has 0 fully saturated rings. The van der Waals surface area contributed by atoms with Crippen LogP contribution in [0.1, 0.15) is 15.9 Å². The molecule has 26 heavy (non-hydrogen) atoms. The summed E-state index contributed by atoms with van der Waals surface area (Å²) in [5, 5.41) is 14.8. The fourth-order valence-corrected chi connectivity index (χ4v) is 2.26. The Morgan fingerprint density at radius 2 is 1.69 bits per heavy atom. The lowest BCUT2D eigenvalue weighted by Crippen LogP contribution is -2.14. The predicted molar refractivity (Wildman–Crippen MR) is 97.4 cm³/mol. The highest BCUT2D eigenvalue weighted by molar-refractivity contribution is 6.04. The molecule has 0 aliphatic heterocycles. The van der Waals surface area contributed by atoms with Crippen LogP contribution in [0.15, 0.2) is 60.9 Å². The Hall–Kier alpha value is -3.92. The van der Waals surface area contributed by atoms with Gasteiger partial charge in [0, 0.05) is 12.4 Å². The van der Waals surface area contributed by atoms with E-state index < -0.39 is 5.91 Å². The third-order valence-electron chi connectivity index (χ3n) is 3.56. The van der Waals surface area contributed by atoms with Gasteiger partial charge in [-0.3, -0.25) is 4.79 Å². The number of nitrogens with zero attached hydrogens (tertiary/aromatic N) is 3. The number of hydrogen-bond donors (Lipinski definition) is 2. The molecular weight excluding hydrogens is 330 g/mol. The monoisotopic (exact) mass is 345 g/mol. The molecule has 2 aromatic carbocycles. The van der Waals surface area contributed by atoms with E-state index in [1.165, 1.54) is 12.4 Å². The van der Waals surface area contributed by atoms with Crippen molar-refractivity contribution >= 4 is 23.2 Å². The highest BCUT2D eigenvalue weighted by Gasteiger charge is 2.11. The lowest BCUT2D eigenvalue weighted by atomic mass is 10.2. The molecule has 7 nitrogen and oxygen atoms in total. The van der Waals surface area contributed by atoms with Crippen molar-refractivity contribution in [1.29, 1.82) is 5.26 Å². The van der Waals surface area contributed by atoms with Crippen LogP contribution in [0, 0.1) is 11.3 Å². The minimum Gasteiger partial charge on any atom is -0.495 e. The minimum atomic E-state index is -0.392. The Morgan fingerprint density at radius 1 is 1.04 bits per heavy atom. The van der Waals surface area contributed by atoms with E-state index >= 15 is 0 Å². The maximum atomic E-state index is 12.3. The fourth-order valence-electron chi connectivity index (χ4n) is 2.26. The molecule has 128 valence electrons. The van der Waals surface area contributed by atoms with E-state index in [1.54, 1.807) is 31.4 Å². The Balaban J connectivity index is 1.73. The van der Waals surface area contributed by atoms with Crippen LogP contribution >= 0.6 is 0 Å². The van der Waals surface area contributed by atoms with Crippen LogP contribution in [0.5, 0.6) is 5.75 Å². The molecule has 1 aromatic heterocycles. The van der Waals surface area contributed by atoms with Gasteiger partial charge in [-0.05, 0) is 24.3 Å². The van der Waals surface area contributed by atoms with Gasteiger partial charge in [0.1, 0.15) is 11.8 Å². The van der Waals surface area contributed by atoms with E-state index in [0.717, 1.165) is 5.69 Å². The standard InChI is InChI=1S/C19H15N5O2/c1-26-17-9-5-4-8-16(17)24-19-21-11-14(12-22-19)18(25)23-15-7-3-2-6-13(15)10-20/h2-9,11-12H,1H3,(H,23,25)(H,21,22,24). The fraction of sp³-hybridized carbons (Fsp3) is 0.0526. The van der Waals surface area contributed by atoms with E-state index in [9.17, 15) is 4.79 Å². The number of rotatable bonds is 5. The van der Waals surface area contributed by atoms with E-state index in [-0.39, 0.29) is 5.56 Å². The molecule has 0 aliphatic rings. The molecule has 0 saturated carbocycles. The number of methoxy groups -OCH3 is 1. The van der Waals surface area contributed by atoms with Crippen molar-refractivity contribution in [3.8, 4) is 11.8 Å². The van der Waals surface area contributed by atoms with E-state index in [2.05, 4.69) is 20.6 Å². The Morgan fingerprint density at radius 3 is 2.38 bits per heavy atom. The van der Waals surface area contributed by atoms with Crippen LogP contribution in [0.25, 0.3) is 0 Å². The summed E-state index contributed by atoms with van der Waals surface area (Å²) in [6.07, 6.45) is 2.82. The summed E-state index contributed by atoms with van der Waals surface area (Å²) >= 11 is 0. The molecular formula is C19H15N5O2. The number of amides is 1. The number of ether oxygens (including phenoxy) is 1. The molecule has 0 atom stereocenters. The molecule has 2 N–H and O–H groups in total. The van der Waals surface area contributed by atoms with Gasteiger partial charge in [0.2, 0.25) is 5.95 Å².